The summed E-state index contributed by atoms with van der Waals surface area (Å²) in [6.45, 7) is 13.6. The predicted molar refractivity (Wildman–Crippen MR) is 90.9 cm³/mol. The van der Waals surface area contributed by atoms with Crippen molar-refractivity contribution < 1.29 is 60.2 Å². The van der Waals surface area contributed by atoms with Crippen LogP contribution in [-0.2, 0) is 43.5 Å². The van der Waals surface area contributed by atoms with Gasteiger partial charge >= 0.3 is 26.2 Å². The summed E-state index contributed by atoms with van der Waals surface area (Å²) in [5.74, 6) is 0. The average molecular weight is 528 g/mol. The normalized spacial score (nSPS) is 12.2. The Morgan fingerprint density at radius 2 is 1.33 bits per heavy atom. The minimum atomic E-state index is 0. The third kappa shape index (κ3) is 4.71. The van der Waals surface area contributed by atoms with Gasteiger partial charge in [0.1, 0.15) is 0 Å². The molecule has 0 spiro atoms. The second-order valence-electron chi connectivity index (χ2n) is 8.33. The maximum absolute atomic E-state index is 3.53. The Morgan fingerprint density at radius 1 is 0.792 bits per heavy atom. The van der Waals surface area contributed by atoms with Gasteiger partial charge < -0.3 is 34.0 Å². The van der Waals surface area contributed by atoms with Crippen LogP contribution in [0.3, 0.4) is 0 Å². The fourth-order valence-corrected chi connectivity index (χ4v) is 2.98. The Kier molecular flexibility index (Phi) is 8.42. The molecule has 0 fully saturated rings. The minimum absolute atomic E-state index is 0. The van der Waals surface area contributed by atoms with Crippen LogP contribution >= 0.6 is 0 Å². The van der Waals surface area contributed by atoms with Crippen molar-refractivity contribution in [1.82, 2.24) is 0 Å². The van der Waals surface area contributed by atoms with Gasteiger partial charge in [0.2, 0.25) is 0 Å². The zero-order chi connectivity index (χ0) is 15.4. The number of benzene rings is 2. The number of hydrogen-bond donors (Lipinski definition) is 0. The summed E-state index contributed by atoms with van der Waals surface area (Å²) in [4.78, 5) is 0. The maximum Gasteiger partial charge on any atom is 3.00 e. The molecule has 0 unspecified atom stereocenters. The van der Waals surface area contributed by atoms with Crippen molar-refractivity contribution >= 4 is 0 Å². The second-order valence-corrected chi connectivity index (χ2v) is 8.33. The zero-order valence-electron chi connectivity index (χ0n) is 15.3. The van der Waals surface area contributed by atoms with Crippen molar-refractivity contribution in [2.24, 2.45) is 0 Å². The van der Waals surface area contributed by atoms with Crippen molar-refractivity contribution in [3.63, 3.8) is 0 Å². The molecule has 0 atom stereocenters. The molecule has 3 heteroatoms. The van der Waals surface area contributed by atoms with Gasteiger partial charge in [-0.25, -0.2) is 0 Å². The van der Waals surface area contributed by atoms with Crippen molar-refractivity contribution in [1.29, 1.82) is 0 Å². The molecule has 0 aliphatic heterocycles. The van der Waals surface area contributed by atoms with Gasteiger partial charge in [0.15, 0.2) is 0 Å². The fraction of sp³-hybridized carbons (Fsp3) is 0.429. The molecule has 0 heterocycles. The van der Waals surface area contributed by atoms with E-state index in [0.717, 1.165) is 6.42 Å². The first kappa shape index (κ1) is 24.3. The van der Waals surface area contributed by atoms with E-state index in [9.17, 15) is 0 Å². The molecule has 24 heavy (non-hydrogen) atoms. The van der Waals surface area contributed by atoms with Crippen LogP contribution in [0.15, 0.2) is 30.3 Å². The summed E-state index contributed by atoms with van der Waals surface area (Å²) in [6, 6.07) is 15.1. The number of rotatable bonds is 0. The van der Waals surface area contributed by atoms with Gasteiger partial charge in [-0.3, -0.25) is 0 Å². The van der Waals surface area contributed by atoms with Crippen LogP contribution in [0.2, 0.25) is 0 Å². The maximum atomic E-state index is 3.53. The fourth-order valence-electron chi connectivity index (χ4n) is 2.98. The third-order valence-electron chi connectivity index (χ3n) is 4.53. The van der Waals surface area contributed by atoms with E-state index in [1.807, 2.05) is 0 Å². The van der Waals surface area contributed by atoms with E-state index in [1.54, 1.807) is 0 Å². The molecule has 0 N–H and O–H groups in total. The van der Waals surface area contributed by atoms with Gasteiger partial charge in [-0.05, 0) is 17.4 Å². The summed E-state index contributed by atoms with van der Waals surface area (Å²) in [5, 5.41) is 0. The van der Waals surface area contributed by atoms with Crippen LogP contribution in [0.25, 0.3) is 11.1 Å². The topological polar surface area (TPSA) is 0 Å². The van der Waals surface area contributed by atoms with E-state index in [0.29, 0.717) is 0 Å². The average Bonchev–Trinajstić information content (AvgIpc) is 2.73. The Morgan fingerprint density at radius 3 is 1.88 bits per heavy atom. The van der Waals surface area contributed by atoms with Crippen LogP contribution in [0.5, 0.6) is 0 Å². The molecule has 2 aromatic carbocycles. The Bertz CT molecular complexity index is 645. The van der Waals surface area contributed by atoms with Gasteiger partial charge in [-0.2, -0.15) is 29.3 Å². The molecule has 3 rings (SSSR count). The minimum Gasteiger partial charge on any atom is -1.00 e. The van der Waals surface area contributed by atoms with E-state index >= 15 is 0 Å². The standard InChI is InChI=1S/C21H25.2BrH.Zr/c1-20(2,3)16-9-7-14-11-15-8-10-17(21(4,5)6)13-19(15)18(14)12-16;;;/h7,9-10,12-13H,11H2,1-6H3;2*1H;/q-1;;;+3/p-2. The van der Waals surface area contributed by atoms with Gasteiger partial charge in [-0.15, -0.1) is 5.56 Å². The van der Waals surface area contributed by atoms with Crippen LogP contribution in [0.4, 0.5) is 0 Å². The van der Waals surface area contributed by atoms with Gasteiger partial charge in [0.25, 0.3) is 0 Å². The SMILES string of the molecule is CC(C)(C)c1c[c-]c2c(c1)-c1cc(C(C)(C)C)ccc1C2.[Br-].[Br-].[Zr+3]. The zero-order valence-corrected chi connectivity index (χ0v) is 21.0. The van der Waals surface area contributed by atoms with E-state index in [1.165, 1.54) is 33.4 Å². The van der Waals surface area contributed by atoms with Gasteiger partial charge in [0, 0.05) is 0 Å². The van der Waals surface area contributed by atoms with Crippen LogP contribution in [0.1, 0.15) is 63.8 Å². The molecule has 0 saturated carbocycles. The van der Waals surface area contributed by atoms with Crippen molar-refractivity contribution in [3.8, 4) is 11.1 Å². The molecule has 0 aromatic heterocycles. The quantitative estimate of drug-likeness (QED) is 0.351. The Labute approximate surface area is 187 Å². The molecule has 1 aliphatic carbocycles. The predicted octanol–water partition coefficient (Wildman–Crippen LogP) is -0.342. The summed E-state index contributed by atoms with van der Waals surface area (Å²) in [5.41, 5.74) is 8.76. The number of halogens is 2. The number of fused-ring (bicyclic) bond motifs is 3. The molecule has 0 amide bonds. The van der Waals surface area contributed by atoms with E-state index in [4.69, 9.17) is 0 Å². The van der Waals surface area contributed by atoms with Crippen molar-refractivity contribution in [2.75, 3.05) is 0 Å². The Hall–Kier alpha value is 0.283. The summed E-state index contributed by atoms with van der Waals surface area (Å²) < 4.78 is 0. The van der Waals surface area contributed by atoms with E-state index < -0.39 is 0 Å². The van der Waals surface area contributed by atoms with Crippen LogP contribution in [0, 0.1) is 6.07 Å². The van der Waals surface area contributed by atoms with Gasteiger partial charge in [-0.1, -0.05) is 76.3 Å². The monoisotopic (exact) mass is 525 g/mol. The first-order valence-corrected chi connectivity index (χ1v) is 7.85. The largest absolute Gasteiger partial charge is 3.00 e. The molecule has 127 valence electrons. The van der Waals surface area contributed by atoms with Gasteiger partial charge in [0.05, 0.1) is 0 Å². The molecule has 1 aliphatic rings. The molecule has 0 nitrogen and oxygen atoms in total. The van der Waals surface area contributed by atoms with E-state index in [-0.39, 0.29) is 71.0 Å². The molecule has 1 radical (unpaired) electrons. The third-order valence-corrected chi connectivity index (χ3v) is 4.53. The van der Waals surface area contributed by atoms with E-state index in [2.05, 4.69) is 77.9 Å². The smallest absolute Gasteiger partial charge is 1.00 e. The summed E-state index contributed by atoms with van der Waals surface area (Å²) in [6.07, 6.45) is 1.03. The summed E-state index contributed by atoms with van der Waals surface area (Å²) in [7, 11) is 0. The van der Waals surface area contributed by atoms with Crippen LogP contribution < -0.4 is 34.0 Å². The molecular formula is C21H25Br2Zr. The van der Waals surface area contributed by atoms with Crippen molar-refractivity contribution in [2.45, 2.75) is 58.8 Å². The molecule has 0 bridgehead atoms. The first-order chi connectivity index (χ1) is 9.66. The number of hydrogen-bond acceptors (Lipinski definition) is 0. The molecular weight excluding hydrogens is 503 g/mol. The first-order valence-electron chi connectivity index (χ1n) is 7.85. The Balaban J connectivity index is 0.00000176. The molecule has 0 saturated heterocycles. The van der Waals surface area contributed by atoms with Crippen LogP contribution in [-0.4, -0.2) is 0 Å². The van der Waals surface area contributed by atoms with Crippen molar-refractivity contribution in [3.05, 3.63) is 58.7 Å². The summed E-state index contributed by atoms with van der Waals surface area (Å²) >= 11 is 0. The second kappa shape index (κ2) is 8.32. The molecule has 2 aromatic rings.